The van der Waals surface area contributed by atoms with E-state index >= 15 is 0 Å². The average molecular weight is 465 g/mol. The first-order valence-electron chi connectivity index (χ1n) is 11.5. The van der Waals surface area contributed by atoms with Gasteiger partial charge >= 0.3 is 12.1 Å². The normalized spacial score (nSPS) is 16.6. The molecule has 1 atom stereocenters. The van der Waals surface area contributed by atoms with Gasteiger partial charge in [0.1, 0.15) is 15.5 Å². The van der Waals surface area contributed by atoms with Gasteiger partial charge in [-0.2, -0.15) is 0 Å². The Morgan fingerprint density at radius 2 is 1.72 bits per heavy atom. The number of ether oxygens (including phenoxy) is 1. The van der Waals surface area contributed by atoms with Crippen molar-refractivity contribution >= 4 is 27.7 Å². The van der Waals surface area contributed by atoms with E-state index in [9.17, 15) is 13.8 Å². The maximum atomic E-state index is 12.7. The molecule has 0 heterocycles. The van der Waals surface area contributed by atoms with Crippen LogP contribution in [0, 0.1) is 4.78 Å². The zero-order valence-corrected chi connectivity index (χ0v) is 20.5. The van der Waals surface area contributed by atoms with Crippen LogP contribution in [0.4, 0.5) is 15.3 Å². The third kappa shape index (κ3) is 6.15. The minimum absolute atomic E-state index is 0.0370. The van der Waals surface area contributed by atoms with Crippen LogP contribution >= 0.6 is 0 Å². The standard InChI is InChI=1S/C23H36N4O4S/c1-5-27(22(29)31-23(2,3)4)13-8-14-32(24,30)26-21(28)25-20-18-11-6-9-16(18)15-17-10-7-12-19(17)20/h15H,5-14H2,1-4H3,(H3,24,25,26,28,30). The van der Waals surface area contributed by atoms with Crippen molar-refractivity contribution in [3.63, 3.8) is 0 Å². The number of amides is 3. The van der Waals surface area contributed by atoms with E-state index in [0.717, 1.165) is 44.2 Å². The summed E-state index contributed by atoms with van der Waals surface area (Å²) in [7, 11) is -3.33. The summed E-state index contributed by atoms with van der Waals surface area (Å²) >= 11 is 0. The fourth-order valence-electron chi connectivity index (χ4n) is 4.47. The van der Waals surface area contributed by atoms with Gasteiger partial charge in [-0.3, -0.25) is 4.72 Å². The third-order valence-electron chi connectivity index (χ3n) is 5.86. The van der Waals surface area contributed by atoms with Crippen LogP contribution in [-0.4, -0.2) is 45.7 Å². The van der Waals surface area contributed by atoms with Gasteiger partial charge in [-0.25, -0.2) is 18.6 Å². The number of urea groups is 1. The molecule has 9 heteroatoms. The molecule has 3 amide bonds. The van der Waals surface area contributed by atoms with Gasteiger partial charge in [0, 0.05) is 18.8 Å². The summed E-state index contributed by atoms with van der Waals surface area (Å²) in [6, 6.07) is 1.69. The van der Waals surface area contributed by atoms with Gasteiger partial charge in [0.2, 0.25) is 0 Å². The third-order valence-corrected chi connectivity index (χ3v) is 7.24. The van der Waals surface area contributed by atoms with Crippen LogP contribution in [0.2, 0.25) is 0 Å². The highest BCUT2D eigenvalue weighted by Crippen LogP contribution is 2.38. The number of nitrogens with one attached hydrogen (secondary N) is 3. The lowest BCUT2D eigenvalue weighted by Crippen LogP contribution is -2.39. The van der Waals surface area contributed by atoms with Crippen molar-refractivity contribution in [1.82, 2.24) is 9.62 Å². The van der Waals surface area contributed by atoms with Crippen molar-refractivity contribution in [2.45, 2.75) is 78.2 Å². The SMILES string of the molecule is CCN(CCCS(=N)(=O)NC(=O)Nc1c2c(cc3c1CCC3)CCC2)C(=O)OC(C)(C)C. The second-order valence-corrected chi connectivity index (χ2v) is 11.5. The molecule has 0 aliphatic heterocycles. The summed E-state index contributed by atoms with van der Waals surface area (Å²) in [4.78, 5) is 26.4. The maximum Gasteiger partial charge on any atom is 0.410 e. The van der Waals surface area contributed by atoms with Crippen LogP contribution in [0.25, 0.3) is 0 Å². The van der Waals surface area contributed by atoms with Gasteiger partial charge in [-0.05, 0) is 94.9 Å². The molecule has 3 N–H and O–H groups in total. The van der Waals surface area contributed by atoms with Gasteiger partial charge in [-0.15, -0.1) is 0 Å². The molecular weight excluding hydrogens is 428 g/mol. The number of carbonyl (C=O) groups is 2. The maximum absolute atomic E-state index is 12.7. The van der Waals surface area contributed by atoms with Crippen LogP contribution in [0.1, 0.15) is 69.2 Å². The van der Waals surface area contributed by atoms with E-state index in [4.69, 9.17) is 9.52 Å². The molecule has 1 aromatic rings. The molecular formula is C23H36N4O4S. The fraction of sp³-hybridized carbons (Fsp3) is 0.652. The zero-order chi connectivity index (χ0) is 23.5. The van der Waals surface area contributed by atoms with Crippen molar-refractivity contribution in [3.05, 3.63) is 28.3 Å². The molecule has 0 radical (unpaired) electrons. The second-order valence-electron chi connectivity index (χ2n) is 9.58. The Morgan fingerprint density at radius 1 is 1.12 bits per heavy atom. The van der Waals surface area contributed by atoms with E-state index in [-0.39, 0.29) is 5.75 Å². The number of aryl methyl sites for hydroxylation is 2. The Balaban J connectivity index is 1.56. The molecule has 178 valence electrons. The van der Waals surface area contributed by atoms with E-state index in [1.54, 1.807) is 20.8 Å². The summed E-state index contributed by atoms with van der Waals surface area (Å²) in [5, 5.41) is 2.92. The molecule has 0 saturated heterocycles. The van der Waals surface area contributed by atoms with Gasteiger partial charge in [0.15, 0.2) is 0 Å². The number of anilines is 1. The summed E-state index contributed by atoms with van der Waals surface area (Å²) < 4.78 is 28.5. The molecule has 0 saturated carbocycles. The molecule has 1 aromatic carbocycles. The molecule has 2 aliphatic carbocycles. The molecule has 0 spiro atoms. The first-order chi connectivity index (χ1) is 15.0. The predicted octanol–water partition coefficient (Wildman–Crippen LogP) is 4.39. The Hall–Kier alpha value is -2.29. The lowest BCUT2D eigenvalue weighted by molar-refractivity contribution is 0.0260. The van der Waals surface area contributed by atoms with E-state index in [1.165, 1.54) is 27.2 Å². The van der Waals surface area contributed by atoms with Gasteiger partial charge in [0.25, 0.3) is 0 Å². The van der Waals surface area contributed by atoms with Gasteiger partial charge < -0.3 is 15.0 Å². The number of nitrogens with zero attached hydrogens (tertiary/aromatic N) is 1. The number of hydrogen-bond acceptors (Lipinski definition) is 5. The topological polar surface area (TPSA) is 112 Å². The number of carbonyl (C=O) groups excluding carboxylic acids is 2. The van der Waals surface area contributed by atoms with Crippen LogP contribution in [0.15, 0.2) is 6.07 Å². The Morgan fingerprint density at radius 3 is 2.25 bits per heavy atom. The Labute approximate surface area is 191 Å². The van der Waals surface area contributed by atoms with Gasteiger partial charge in [0.05, 0.1) is 5.75 Å². The predicted molar refractivity (Wildman–Crippen MR) is 126 cm³/mol. The summed E-state index contributed by atoms with van der Waals surface area (Å²) in [6.45, 7) is 8.00. The summed E-state index contributed by atoms with van der Waals surface area (Å²) in [5.74, 6) is -0.0370. The lowest BCUT2D eigenvalue weighted by atomic mass is 9.99. The molecule has 32 heavy (non-hydrogen) atoms. The first kappa shape index (κ1) is 24.4. The lowest BCUT2D eigenvalue weighted by Gasteiger charge is -2.26. The first-order valence-corrected chi connectivity index (χ1v) is 13.2. The van der Waals surface area contributed by atoms with Crippen molar-refractivity contribution in [3.8, 4) is 0 Å². The van der Waals surface area contributed by atoms with Crippen LogP contribution in [-0.2, 0) is 40.3 Å². The molecule has 0 aromatic heterocycles. The number of fused-ring (bicyclic) bond motifs is 2. The quantitative estimate of drug-likeness (QED) is 0.555. The smallest absolute Gasteiger partial charge is 0.410 e. The monoisotopic (exact) mass is 464 g/mol. The van der Waals surface area contributed by atoms with Gasteiger partial charge in [-0.1, -0.05) is 6.07 Å². The Bertz CT molecular complexity index is 950. The molecule has 0 bridgehead atoms. The van der Waals surface area contributed by atoms with Crippen molar-refractivity contribution in [1.29, 1.82) is 4.78 Å². The highest BCUT2D eigenvalue weighted by atomic mass is 32.2. The number of benzene rings is 1. The number of rotatable bonds is 7. The highest BCUT2D eigenvalue weighted by Gasteiger charge is 2.26. The van der Waals surface area contributed by atoms with E-state index < -0.39 is 27.6 Å². The van der Waals surface area contributed by atoms with E-state index in [0.29, 0.717) is 19.5 Å². The van der Waals surface area contributed by atoms with Crippen LogP contribution in [0.5, 0.6) is 0 Å². The molecule has 8 nitrogen and oxygen atoms in total. The molecule has 0 fully saturated rings. The largest absolute Gasteiger partial charge is 0.444 e. The van der Waals surface area contributed by atoms with Crippen molar-refractivity contribution < 1.29 is 18.5 Å². The molecule has 2 aliphatic rings. The summed E-state index contributed by atoms with van der Waals surface area (Å²) in [6.07, 6.45) is 5.97. The minimum atomic E-state index is -3.33. The number of hydrogen-bond donors (Lipinski definition) is 3. The minimum Gasteiger partial charge on any atom is -0.444 e. The zero-order valence-electron chi connectivity index (χ0n) is 19.6. The Kier molecular flexibility index (Phi) is 7.37. The van der Waals surface area contributed by atoms with Crippen LogP contribution in [0.3, 0.4) is 0 Å². The average Bonchev–Trinajstić information content (AvgIpc) is 3.32. The van der Waals surface area contributed by atoms with E-state index in [2.05, 4.69) is 16.1 Å². The van der Waals surface area contributed by atoms with Crippen molar-refractivity contribution in [2.24, 2.45) is 0 Å². The second kappa shape index (κ2) is 9.68. The highest BCUT2D eigenvalue weighted by molar-refractivity contribution is 7.91. The van der Waals surface area contributed by atoms with Crippen molar-refractivity contribution in [2.75, 3.05) is 24.2 Å². The van der Waals surface area contributed by atoms with Crippen LogP contribution < -0.4 is 10.0 Å². The fourth-order valence-corrected chi connectivity index (χ4v) is 5.46. The summed E-state index contributed by atoms with van der Waals surface area (Å²) in [5.41, 5.74) is 5.25. The van der Waals surface area contributed by atoms with E-state index in [1.807, 2.05) is 6.92 Å². The molecule has 1 unspecified atom stereocenters. The molecule has 3 rings (SSSR count).